The zero-order valence-electron chi connectivity index (χ0n) is 14.9. The highest BCUT2D eigenvalue weighted by Crippen LogP contribution is 2.05. The summed E-state index contributed by atoms with van der Waals surface area (Å²) in [6, 6.07) is 9.46. The molecule has 0 bridgehead atoms. The summed E-state index contributed by atoms with van der Waals surface area (Å²) in [4.78, 5) is 47.4. The van der Waals surface area contributed by atoms with Gasteiger partial charge in [-0.15, -0.1) is 0 Å². The Labute approximate surface area is 152 Å². The van der Waals surface area contributed by atoms with Gasteiger partial charge >= 0.3 is 12.1 Å². The van der Waals surface area contributed by atoms with Crippen LogP contribution in [0.25, 0.3) is 0 Å². The molecule has 1 aromatic rings. The summed E-state index contributed by atoms with van der Waals surface area (Å²) in [6.07, 6.45) is -0.0293. The van der Waals surface area contributed by atoms with Gasteiger partial charge < -0.3 is 14.5 Å². The minimum atomic E-state index is -0.812. The molecule has 0 saturated carbocycles. The van der Waals surface area contributed by atoms with Crippen LogP contribution in [0.3, 0.4) is 0 Å². The molecular weight excluding hydrogens is 340 g/mol. The van der Waals surface area contributed by atoms with Crippen LogP contribution in [0.1, 0.15) is 18.4 Å². The number of ether oxygens (including phenoxy) is 1. The van der Waals surface area contributed by atoms with Crippen molar-refractivity contribution in [3.05, 3.63) is 35.9 Å². The molecule has 2 amide bonds. The molecule has 1 fully saturated rings. The third-order valence-corrected chi connectivity index (χ3v) is 4.00. The Kier molecular flexibility index (Phi) is 7.88. The van der Waals surface area contributed by atoms with Gasteiger partial charge in [-0.05, 0) is 12.0 Å². The van der Waals surface area contributed by atoms with Crippen LogP contribution in [-0.4, -0.2) is 67.7 Å². The molecule has 2 rings (SSSR count). The number of hydrogen-bond donors (Lipinski definition) is 0. The zero-order valence-corrected chi connectivity index (χ0v) is 14.9. The first kappa shape index (κ1) is 19.7. The lowest BCUT2D eigenvalue weighted by Gasteiger charge is -2.27. The first-order chi connectivity index (χ1) is 12.6. The van der Waals surface area contributed by atoms with Gasteiger partial charge in [0.2, 0.25) is 5.91 Å². The van der Waals surface area contributed by atoms with Crippen molar-refractivity contribution >= 4 is 18.0 Å². The number of nitrogens with zero attached hydrogens (tertiary/aromatic N) is 2. The highest BCUT2D eigenvalue weighted by molar-refractivity contribution is 5.77. The van der Waals surface area contributed by atoms with E-state index < -0.39 is 12.1 Å². The first-order valence-electron chi connectivity index (χ1n) is 8.58. The molecular formula is C18H24N2O6. The summed E-state index contributed by atoms with van der Waals surface area (Å²) in [7, 11) is 1.48. The second-order valence-electron chi connectivity index (χ2n) is 5.95. The zero-order chi connectivity index (χ0) is 18.8. The van der Waals surface area contributed by atoms with Crippen LogP contribution in [0.5, 0.6) is 0 Å². The molecule has 1 saturated heterocycles. The maximum atomic E-state index is 12.0. The second kappa shape index (κ2) is 10.4. The standard InChI is InChI=1S/C18H24N2O6/c1-19(10-9-16(21)20-11-13-24-14-12-20)18(23)26-25-17(22)8-7-15-5-3-2-4-6-15/h2-6H,7-14H2,1H3. The Hall–Kier alpha value is -2.61. The molecule has 8 heteroatoms. The minimum Gasteiger partial charge on any atom is -0.378 e. The predicted octanol–water partition coefficient (Wildman–Crippen LogP) is 1.39. The second-order valence-corrected chi connectivity index (χ2v) is 5.95. The van der Waals surface area contributed by atoms with Crippen LogP contribution in [0.2, 0.25) is 0 Å². The SMILES string of the molecule is CN(CCC(=O)N1CCOCC1)C(=O)OOC(=O)CCc1ccccc1. The number of carbonyl (C=O) groups excluding carboxylic acids is 3. The molecule has 0 aromatic heterocycles. The van der Waals surface area contributed by atoms with Crippen molar-refractivity contribution in [2.45, 2.75) is 19.3 Å². The van der Waals surface area contributed by atoms with Crippen molar-refractivity contribution in [3.8, 4) is 0 Å². The summed E-state index contributed by atoms with van der Waals surface area (Å²) >= 11 is 0. The molecule has 1 aliphatic rings. The number of carbonyl (C=O) groups is 3. The molecule has 0 aliphatic carbocycles. The summed E-state index contributed by atoms with van der Waals surface area (Å²) < 4.78 is 5.19. The third kappa shape index (κ3) is 6.72. The minimum absolute atomic E-state index is 0.0483. The van der Waals surface area contributed by atoms with Gasteiger partial charge in [-0.2, -0.15) is 0 Å². The molecule has 1 heterocycles. The summed E-state index contributed by atoms with van der Waals surface area (Å²) in [5.74, 6) is -0.673. The lowest BCUT2D eigenvalue weighted by molar-refractivity contribution is -0.236. The highest BCUT2D eigenvalue weighted by atomic mass is 17.2. The van der Waals surface area contributed by atoms with Gasteiger partial charge in [0.15, 0.2) is 0 Å². The van der Waals surface area contributed by atoms with Crippen molar-refractivity contribution in [2.75, 3.05) is 39.9 Å². The van der Waals surface area contributed by atoms with E-state index in [1.165, 1.54) is 11.9 Å². The smallest absolute Gasteiger partial charge is 0.378 e. The summed E-state index contributed by atoms with van der Waals surface area (Å²) in [5, 5.41) is 0. The van der Waals surface area contributed by atoms with Gasteiger partial charge in [-0.1, -0.05) is 30.3 Å². The Morgan fingerprint density at radius 2 is 1.77 bits per heavy atom. The highest BCUT2D eigenvalue weighted by Gasteiger charge is 2.19. The quantitative estimate of drug-likeness (QED) is 0.560. The number of hydrogen-bond acceptors (Lipinski definition) is 6. The van der Waals surface area contributed by atoms with Crippen molar-refractivity contribution < 1.29 is 28.9 Å². The fraction of sp³-hybridized carbons (Fsp3) is 0.500. The van der Waals surface area contributed by atoms with Gasteiger partial charge in [-0.3, -0.25) is 4.79 Å². The third-order valence-electron chi connectivity index (χ3n) is 4.00. The molecule has 1 aliphatic heterocycles. The van der Waals surface area contributed by atoms with E-state index in [-0.39, 0.29) is 25.3 Å². The van der Waals surface area contributed by atoms with E-state index in [1.54, 1.807) is 4.90 Å². The molecule has 8 nitrogen and oxygen atoms in total. The molecule has 1 aromatic carbocycles. The normalized spacial score (nSPS) is 13.8. The molecule has 0 spiro atoms. The largest absolute Gasteiger partial charge is 0.452 e. The Morgan fingerprint density at radius 3 is 2.46 bits per heavy atom. The van der Waals surface area contributed by atoms with E-state index >= 15 is 0 Å². The van der Waals surface area contributed by atoms with Crippen molar-refractivity contribution in [3.63, 3.8) is 0 Å². The van der Waals surface area contributed by atoms with Gasteiger partial charge in [0, 0.05) is 33.1 Å². The van der Waals surface area contributed by atoms with Crippen LogP contribution >= 0.6 is 0 Å². The first-order valence-corrected chi connectivity index (χ1v) is 8.58. The monoisotopic (exact) mass is 364 g/mol. The van der Waals surface area contributed by atoms with Gasteiger partial charge in [0.05, 0.1) is 19.6 Å². The fourth-order valence-electron chi connectivity index (χ4n) is 2.40. The Morgan fingerprint density at radius 1 is 1.08 bits per heavy atom. The average molecular weight is 364 g/mol. The Balaban J connectivity index is 1.61. The van der Waals surface area contributed by atoms with E-state index in [0.29, 0.717) is 32.7 Å². The van der Waals surface area contributed by atoms with Crippen LogP contribution in [0, 0.1) is 0 Å². The number of benzene rings is 1. The van der Waals surface area contributed by atoms with E-state index in [1.807, 2.05) is 30.3 Å². The maximum Gasteiger partial charge on any atom is 0.452 e. The Bertz CT molecular complexity index is 601. The number of amides is 2. The summed E-state index contributed by atoms with van der Waals surface area (Å²) in [5.41, 5.74) is 0.995. The lowest BCUT2D eigenvalue weighted by atomic mass is 10.1. The van der Waals surface area contributed by atoms with Gasteiger partial charge in [0.25, 0.3) is 0 Å². The fourth-order valence-corrected chi connectivity index (χ4v) is 2.40. The molecule has 142 valence electrons. The molecule has 0 unspecified atom stereocenters. The molecule has 26 heavy (non-hydrogen) atoms. The lowest BCUT2D eigenvalue weighted by Crippen LogP contribution is -2.42. The van der Waals surface area contributed by atoms with Crippen LogP contribution in [-0.2, 0) is 30.5 Å². The van der Waals surface area contributed by atoms with E-state index in [4.69, 9.17) is 4.74 Å². The van der Waals surface area contributed by atoms with Crippen molar-refractivity contribution in [1.82, 2.24) is 9.80 Å². The average Bonchev–Trinajstić information content (AvgIpc) is 2.69. The van der Waals surface area contributed by atoms with E-state index in [2.05, 4.69) is 9.78 Å². The van der Waals surface area contributed by atoms with Gasteiger partial charge in [0.1, 0.15) is 0 Å². The van der Waals surface area contributed by atoms with E-state index in [0.717, 1.165) is 5.56 Å². The predicted molar refractivity (Wildman–Crippen MR) is 92.0 cm³/mol. The van der Waals surface area contributed by atoms with Crippen LogP contribution < -0.4 is 0 Å². The topological polar surface area (TPSA) is 85.4 Å². The van der Waals surface area contributed by atoms with Crippen LogP contribution in [0.15, 0.2) is 30.3 Å². The molecule has 0 N–H and O–H groups in total. The van der Waals surface area contributed by atoms with Gasteiger partial charge in [-0.25, -0.2) is 19.4 Å². The summed E-state index contributed by atoms with van der Waals surface area (Å²) in [6.45, 7) is 2.36. The number of rotatable bonds is 6. The molecule has 0 atom stereocenters. The van der Waals surface area contributed by atoms with Crippen molar-refractivity contribution in [2.24, 2.45) is 0 Å². The number of aryl methyl sites for hydroxylation is 1. The van der Waals surface area contributed by atoms with E-state index in [9.17, 15) is 14.4 Å². The van der Waals surface area contributed by atoms with Crippen LogP contribution in [0.4, 0.5) is 4.79 Å². The maximum absolute atomic E-state index is 12.0. The number of morpholine rings is 1. The molecule has 0 radical (unpaired) electrons. The van der Waals surface area contributed by atoms with Crippen molar-refractivity contribution in [1.29, 1.82) is 0 Å².